The van der Waals surface area contributed by atoms with Gasteiger partial charge in [-0.15, -0.1) is 0 Å². The van der Waals surface area contributed by atoms with Crippen molar-refractivity contribution in [3.05, 3.63) is 59.7 Å². The standard InChI is InChI=1S/C15H13NO2/c1-12-4-2-7-15(8-12)18-10-13-5-3-6-14(9-13)16-11-17/h2-9H,10H2,1H3. The van der Waals surface area contributed by atoms with Crippen LogP contribution in [0.2, 0.25) is 0 Å². The molecular weight excluding hydrogens is 226 g/mol. The smallest absolute Gasteiger partial charge is 0.240 e. The minimum atomic E-state index is 0.450. The molecule has 0 bridgehead atoms. The van der Waals surface area contributed by atoms with Crippen LogP contribution in [0.1, 0.15) is 11.1 Å². The maximum atomic E-state index is 10.2. The average Bonchev–Trinajstić information content (AvgIpc) is 2.37. The van der Waals surface area contributed by atoms with Gasteiger partial charge in [-0.3, -0.25) is 0 Å². The van der Waals surface area contributed by atoms with Gasteiger partial charge in [0.15, 0.2) is 0 Å². The Labute approximate surface area is 106 Å². The second-order valence-corrected chi connectivity index (χ2v) is 3.98. The molecule has 0 fully saturated rings. The van der Waals surface area contributed by atoms with Gasteiger partial charge in [0.2, 0.25) is 6.08 Å². The molecule has 2 aromatic rings. The fourth-order valence-electron chi connectivity index (χ4n) is 1.64. The molecule has 0 saturated carbocycles. The van der Waals surface area contributed by atoms with Crippen molar-refractivity contribution in [3.8, 4) is 5.75 Å². The third-order valence-corrected chi connectivity index (χ3v) is 2.48. The fourth-order valence-corrected chi connectivity index (χ4v) is 1.64. The van der Waals surface area contributed by atoms with Crippen LogP contribution in [0.15, 0.2) is 53.5 Å². The van der Waals surface area contributed by atoms with E-state index in [1.807, 2.05) is 43.3 Å². The first-order valence-electron chi connectivity index (χ1n) is 5.64. The number of carbonyl (C=O) groups excluding carboxylic acids is 1. The molecule has 0 aromatic heterocycles. The van der Waals surface area contributed by atoms with Crippen molar-refractivity contribution in [1.82, 2.24) is 0 Å². The van der Waals surface area contributed by atoms with Crippen LogP contribution in [-0.4, -0.2) is 6.08 Å². The van der Waals surface area contributed by atoms with Gasteiger partial charge in [0.25, 0.3) is 0 Å². The summed E-state index contributed by atoms with van der Waals surface area (Å²) in [6.45, 7) is 2.47. The molecule has 2 aromatic carbocycles. The number of nitrogens with zero attached hydrogens (tertiary/aromatic N) is 1. The summed E-state index contributed by atoms with van der Waals surface area (Å²) in [5.41, 5.74) is 2.72. The van der Waals surface area contributed by atoms with Gasteiger partial charge >= 0.3 is 0 Å². The summed E-state index contributed by atoms with van der Waals surface area (Å²) in [5.74, 6) is 0.833. The van der Waals surface area contributed by atoms with Crippen LogP contribution < -0.4 is 4.74 Å². The van der Waals surface area contributed by atoms with Crippen molar-refractivity contribution in [3.63, 3.8) is 0 Å². The van der Waals surface area contributed by atoms with Crippen molar-refractivity contribution < 1.29 is 9.53 Å². The molecule has 0 atom stereocenters. The van der Waals surface area contributed by atoms with Gasteiger partial charge in [-0.1, -0.05) is 24.3 Å². The first kappa shape index (κ1) is 12.1. The van der Waals surface area contributed by atoms with Crippen LogP contribution in [0, 0.1) is 6.92 Å². The second-order valence-electron chi connectivity index (χ2n) is 3.98. The number of isocyanates is 1. The number of hydrogen-bond donors (Lipinski definition) is 0. The zero-order valence-electron chi connectivity index (χ0n) is 10.1. The lowest BCUT2D eigenvalue weighted by atomic mass is 10.2. The van der Waals surface area contributed by atoms with E-state index in [2.05, 4.69) is 4.99 Å². The molecule has 0 aliphatic heterocycles. The molecule has 0 spiro atoms. The zero-order chi connectivity index (χ0) is 12.8. The zero-order valence-corrected chi connectivity index (χ0v) is 10.1. The SMILES string of the molecule is Cc1cccc(OCc2cccc(N=C=O)c2)c1. The van der Waals surface area contributed by atoms with Gasteiger partial charge in [0.05, 0.1) is 5.69 Å². The van der Waals surface area contributed by atoms with E-state index in [-0.39, 0.29) is 0 Å². The summed E-state index contributed by atoms with van der Waals surface area (Å²) in [5, 5.41) is 0. The molecule has 0 saturated heterocycles. The van der Waals surface area contributed by atoms with Crippen LogP contribution in [0.4, 0.5) is 5.69 Å². The van der Waals surface area contributed by atoms with Crippen LogP contribution in [0.25, 0.3) is 0 Å². The number of rotatable bonds is 4. The molecule has 90 valence electrons. The Hall–Kier alpha value is -2.38. The van der Waals surface area contributed by atoms with E-state index < -0.39 is 0 Å². The molecule has 0 unspecified atom stereocenters. The normalized spacial score (nSPS) is 9.61. The van der Waals surface area contributed by atoms with E-state index in [4.69, 9.17) is 4.74 Å². The minimum absolute atomic E-state index is 0.450. The van der Waals surface area contributed by atoms with Gasteiger partial charge in [-0.05, 0) is 42.3 Å². The van der Waals surface area contributed by atoms with Gasteiger partial charge < -0.3 is 4.74 Å². The quantitative estimate of drug-likeness (QED) is 0.604. The third-order valence-electron chi connectivity index (χ3n) is 2.48. The third kappa shape index (κ3) is 3.30. The summed E-state index contributed by atoms with van der Waals surface area (Å²) in [6.07, 6.45) is 1.53. The number of aryl methyl sites for hydroxylation is 1. The molecule has 0 radical (unpaired) electrons. The maximum absolute atomic E-state index is 10.2. The highest BCUT2D eigenvalue weighted by atomic mass is 16.5. The van der Waals surface area contributed by atoms with Crippen LogP contribution >= 0.6 is 0 Å². The molecule has 3 nitrogen and oxygen atoms in total. The fraction of sp³-hybridized carbons (Fsp3) is 0.133. The number of ether oxygens (including phenoxy) is 1. The summed E-state index contributed by atoms with van der Waals surface area (Å²) in [4.78, 5) is 13.8. The Morgan fingerprint density at radius 2 is 2.00 bits per heavy atom. The monoisotopic (exact) mass is 239 g/mol. The summed E-state index contributed by atoms with van der Waals surface area (Å²) >= 11 is 0. The molecule has 0 heterocycles. The van der Waals surface area contributed by atoms with E-state index in [0.29, 0.717) is 12.3 Å². The molecule has 0 aliphatic carbocycles. The van der Waals surface area contributed by atoms with Gasteiger partial charge in [0.1, 0.15) is 12.4 Å². The number of aliphatic imine (C=N–C) groups is 1. The van der Waals surface area contributed by atoms with E-state index >= 15 is 0 Å². The molecular formula is C15H13NO2. The van der Waals surface area contributed by atoms with Gasteiger partial charge in [-0.25, -0.2) is 4.79 Å². The Morgan fingerprint density at radius 3 is 2.78 bits per heavy atom. The van der Waals surface area contributed by atoms with Gasteiger partial charge in [-0.2, -0.15) is 4.99 Å². The Bertz CT molecular complexity index is 587. The lowest BCUT2D eigenvalue weighted by Gasteiger charge is -2.07. The van der Waals surface area contributed by atoms with Crippen molar-refractivity contribution in [1.29, 1.82) is 0 Å². The molecule has 0 amide bonds. The van der Waals surface area contributed by atoms with E-state index in [1.54, 1.807) is 12.1 Å². The maximum Gasteiger partial charge on any atom is 0.240 e. The summed E-state index contributed by atoms with van der Waals surface area (Å²) < 4.78 is 5.67. The Kier molecular flexibility index (Phi) is 3.90. The van der Waals surface area contributed by atoms with E-state index in [1.165, 1.54) is 6.08 Å². The largest absolute Gasteiger partial charge is 0.489 e. The molecule has 0 aliphatic rings. The molecule has 18 heavy (non-hydrogen) atoms. The molecule has 0 N–H and O–H groups in total. The molecule has 3 heteroatoms. The average molecular weight is 239 g/mol. The van der Waals surface area contributed by atoms with Crippen LogP contribution in [0.3, 0.4) is 0 Å². The van der Waals surface area contributed by atoms with Gasteiger partial charge in [0, 0.05) is 0 Å². The predicted molar refractivity (Wildman–Crippen MR) is 69.7 cm³/mol. The first-order valence-corrected chi connectivity index (χ1v) is 5.64. The highest BCUT2D eigenvalue weighted by molar-refractivity contribution is 5.49. The van der Waals surface area contributed by atoms with Crippen molar-refractivity contribution in [2.45, 2.75) is 13.5 Å². The second kappa shape index (κ2) is 5.80. The highest BCUT2D eigenvalue weighted by Crippen LogP contribution is 2.17. The Morgan fingerprint density at radius 1 is 1.17 bits per heavy atom. The highest BCUT2D eigenvalue weighted by Gasteiger charge is 1.98. The van der Waals surface area contributed by atoms with E-state index in [9.17, 15) is 4.79 Å². The predicted octanol–water partition coefficient (Wildman–Crippen LogP) is 3.54. The topological polar surface area (TPSA) is 38.7 Å². The van der Waals surface area contributed by atoms with Crippen molar-refractivity contribution in [2.24, 2.45) is 4.99 Å². The number of benzene rings is 2. The molecule has 2 rings (SSSR count). The van der Waals surface area contributed by atoms with Crippen molar-refractivity contribution >= 4 is 11.8 Å². The van der Waals surface area contributed by atoms with Crippen LogP contribution in [-0.2, 0) is 11.4 Å². The lowest BCUT2D eigenvalue weighted by Crippen LogP contribution is -1.95. The first-order chi connectivity index (χ1) is 8.78. The van der Waals surface area contributed by atoms with E-state index in [0.717, 1.165) is 16.9 Å². The minimum Gasteiger partial charge on any atom is -0.489 e. The summed E-state index contributed by atoms with van der Waals surface area (Å²) in [7, 11) is 0. The number of hydrogen-bond acceptors (Lipinski definition) is 3. The Balaban J connectivity index is 2.06. The lowest BCUT2D eigenvalue weighted by molar-refractivity contribution is 0.306. The van der Waals surface area contributed by atoms with Crippen LogP contribution in [0.5, 0.6) is 5.75 Å². The summed E-state index contributed by atoms with van der Waals surface area (Å²) in [6, 6.07) is 15.2. The van der Waals surface area contributed by atoms with Crippen molar-refractivity contribution in [2.75, 3.05) is 0 Å².